The SMILES string of the molecule is CC/C=C\C/C=C\C/C=C\C/C=C\C/C=C\CCCCCCCCCCCCCCCCCCCC(=O)NC(CO)C(O)CCCCCCCCCCCCCC. The smallest absolute Gasteiger partial charge is 0.220 e. The molecule has 0 radical (unpaired) electrons. The molecule has 0 aliphatic carbocycles. The van der Waals surface area contributed by atoms with E-state index in [0.29, 0.717) is 12.8 Å². The van der Waals surface area contributed by atoms with Crippen molar-refractivity contribution in [3.05, 3.63) is 60.8 Å². The molecule has 0 aliphatic heterocycles. The van der Waals surface area contributed by atoms with Gasteiger partial charge in [-0.3, -0.25) is 4.79 Å². The molecule has 0 bridgehead atoms. The molecule has 0 rings (SSSR count). The third-order valence-electron chi connectivity index (χ3n) is 11.3. The zero-order valence-corrected chi connectivity index (χ0v) is 38.1. The van der Waals surface area contributed by atoms with Crippen LogP contribution in [0.3, 0.4) is 0 Å². The average Bonchev–Trinajstić information content (AvgIpc) is 3.22. The first kappa shape index (κ1) is 55.1. The van der Waals surface area contributed by atoms with Crippen LogP contribution >= 0.6 is 0 Å². The first-order valence-corrected chi connectivity index (χ1v) is 25.0. The number of hydrogen-bond acceptors (Lipinski definition) is 3. The number of carbonyl (C=O) groups is 1. The van der Waals surface area contributed by atoms with Crippen molar-refractivity contribution in [1.29, 1.82) is 0 Å². The number of carbonyl (C=O) groups excluding carboxylic acids is 1. The summed E-state index contributed by atoms with van der Waals surface area (Å²) in [5.41, 5.74) is 0. The quantitative estimate of drug-likeness (QED) is 0.0425. The Bertz CT molecular complexity index is 950. The van der Waals surface area contributed by atoms with Crippen LogP contribution in [-0.2, 0) is 4.79 Å². The van der Waals surface area contributed by atoms with E-state index in [-0.39, 0.29) is 12.5 Å². The third kappa shape index (κ3) is 45.0. The van der Waals surface area contributed by atoms with E-state index in [0.717, 1.165) is 57.8 Å². The molecule has 0 saturated heterocycles. The van der Waals surface area contributed by atoms with E-state index in [1.807, 2.05) is 0 Å². The van der Waals surface area contributed by atoms with Gasteiger partial charge in [-0.05, 0) is 57.8 Å². The van der Waals surface area contributed by atoms with Gasteiger partial charge in [0.15, 0.2) is 0 Å². The molecule has 0 heterocycles. The van der Waals surface area contributed by atoms with Crippen molar-refractivity contribution in [3.63, 3.8) is 0 Å². The predicted octanol–water partition coefficient (Wildman–Crippen LogP) is 16.1. The molecule has 0 fully saturated rings. The topological polar surface area (TPSA) is 69.6 Å². The fourth-order valence-electron chi connectivity index (χ4n) is 7.51. The molecule has 332 valence electrons. The number of aliphatic hydroxyl groups is 2. The van der Waals surface area contributed by atoms with E-state index in [1.165, 1.54) is 167 Å². The van der Waals surface area contributed by atoms with Gasteiger partial charge >= 0.3 is 0 Å². The third-order valence-corrected chi connectivity index (χ3v) is 11.3. The monoisotopic (exact) mass is 796 g/mol. The maximum absolute atomic E-state index is 12.4. The van der Waals surface area contributed by atoms with Gasteiger partial charge in [-0.2, -0.15) is 0 Å². The van der Waals surface area contributed by atoms with Crippen molar-refractivity contribution in [2.75, 3.05) is 6.61 Å². The van der Waals surface area contributed by atoms with Crippen molar-refractivity contribution >= 4 is 5.91 Å². The number of aliphatic hydroxyl groups excluding tert-OH is 2. The van der Waals surface area contributed by atoms with Crippen molar-refractivity contribution in [2.24, 2.45) is 0 Å². The molecule has 0 spiro atoms. The van der Waals surface area contributed by atoms with Crippen LogP contribution in [0, 0.1) is 0 Å². The second kappa shape index (κ2) is 48.5. The molecule has 0 aromatic heterocycles. The van der Waals surface area contributed by atoms with E-state index in [4.69, 9.17) is 0 Å². The molecule has 3 N–H and O–H groups in total. The maximum Gasteiger partial charge on any atom is 0.220 e. The minimum absolute atomic E-state index is 0.0316. The summed E-state index contributed by atoms with van der Waals surface area (Å²) in [5.74, 6) is -0.0316. The van der Waals surface area contributed by atoms with E-state index >= 15 is 0 Å². The fourth-order valence-corrected chi connectivity index (χ4v) is 7.51. The fraction of sp³-hybridized carbons (Fsp3) is 0.792. The van der Waals surface area contributed by atoms with E-state index in [9.17, 15) is 15.0 Å². The lowest BCUT2D eigenvalue weighted by Gasteiger charge is -2.22. The highest BCUT2D eigenvalue weighted by atomic mass is 16.3. The first-order chi connectivity index (χ1) is 28.2. The lowest BCUT2D eigenvalue weighted by atomic mass is 10.0. The minimum atomic E-state index is -0.658. The predicted molar refractivity (Wildman–Crippen MR) is 253 cm³/mol. The largest absolute Gasteiger partial charge is 0.394 e. The first-order valence-electron chi connectivity index (χ1n) is 25.0. The molecular formula is C53H97NO3. The molecule has 0 aromatic rings. The van der Waals surface area contributed by atoms with Crippen LogP contribution < -0.4 is 5.32 Å². The van der Waals surface area contributed by atoms with Gasteiger partial charge in [-0.1, -0.05) is 248 Å². The lowest BCUT2D eigenvalue weighted by Crippen LogP contribution is -2.45. The Morgan fingerprint density at radius 3 is 1.16 bits per heavy atom. The molecule has 2 atom stereocenters. The molecule has 0 aliphatic rings. The molecule has 4 heteroatoms. The highest BCUT2D eigenvalue weighted by Gasteiger charge is 2.20. The normalized spacial score (nSPS) is 13.4. The average molecular weight is 796 g/mol. The van der Waals surface area contributed by atoms with E-state index in [1.54, 1.807) is 0 Å². The Morgan fingerprint density at radius 2 is 0.772 bits per heavy atom. The Kier molecular flexibility index (Phi) is 46.8. The molecule has 0 saturated carbocycles. The summed E-state index contributed by atoms with van der Waals surface area (Å²) in [7, 11) is 0. The summed E-state index contributed by atoms with van der Waals surface area (Å²) in [6, 6.07) is -0.535. The van der Waals surface area contributed by atoms with Crippen LogP contribution in [0.15, 0.2) is 60.8 Å². The highest BCUT2D eigenvalue weighted by Crippen LogP contribution is 2.16. The molecular weight excluding hydrogens is 699 g/mol. The number of unbranched alkanes of at least 4 members (excludes halogenated alkanes) is 28. The zero-order valence-electron chi connectivity index (χ0n) is 38.1. The van der Waals surface area contributed by atoms with Crippen LogP contribution in [-0.4, -0.2) is 34.9 Å². The van der Waals surface area contributed by atoms with Crippen molar-refractivity contribution < 1.29 is 15.0 Å². The standard InChI is InChI=1S/C53H97NO3/c1-3-5-7-9-11-13-15-17-18-19-20-21-22-23-24-25-26-27-28-29-30-31-32-33-34-35-36-37-39-41-43-45-47-49-53(57)54-51(50-55)52(56)48-46-44-42-40-38-16-14-12-10-8-6-4-2/h5,7,11,13,17-18,20-21,23-24,51-52,55-56H,3-4,6,8-10,12,14-16,19,22,25-50H2,1-2H3,(H,54,57)/b7-5-,13-11-,18-17-,21-20-,24-23-. The van der Waals surface area contributed by atoms with Gasteiger partial charge < -0.3 is 15.5 Å². The summed E-state index contributed by atoms with van der Waals surface area (Å²) >= 11 is 0. The van der Waals surface area contributed by atoms with Crippen LogP contribution in [0.25, 0.3) is 0 Å². The van der Waals surface area contributed by atoms with Crippen LogP contribution in [0.1, 0.15) is 251 Å². The van der Waals surface area contributed by atoms with Gasteiger partial charge in [0.25, 0.3) is 0 Å². The zero-order chi connectivity index (χ0) is 41.4. The maximum atomic E-state index is 12.4. The minimum Gasteiger partial charge on any atom is -0.394 e. The number of allylic oxidation sites excluding steroid dienone is 10. The van der Waals surface area contributed by atoms with E-state index in [2.05, 4.69) is 79.9 Å². The summed E-state index contributed by atoms with van der Waals surface area (Å²) in [6.07, 6.45) is 67.6. The lowest BCUT2D eigenvalue weighted by molar-refractivity contribution is -0.123. The summed E-state index contributed by atoms with van der Waals surface area (Å²) in [4.78, 5) is 12.4. The van der Waals surface area contributed by atoms with Gasteiger partial charge in [0.2, 0.25) is 5.91 Å². The number of hydrogen-bond donors (Lipinski definition) is 3. The molecule has 0 aromatic carbocycles. The van der Waals surface area contributed by atoms with Gasteiger partial charge in [-0.15, -0.1) is 0 Å². The van der Waals surface area contributed by atoms with Crippen LogP contribution in [0.4, 0.5) is 0 Å². The molecule has 1 amide bonds. The number of amides is 1. The summed E-state index contributed by atoms with van der Waals surface area (Å²) in [5, 5.41) is 23.2. The second-order valence-electron chi connectivity index (χ2n) is 16.9. The van der Waals surface area contributed by atoms with Gasteiger partial charge in [0, 0.05) is 6.42 Å². The Balaban J connectivity index is 3.45. The van der Waals surface area contributed by atoms with E-state index < -0.39 is 12.1 Å². The summed E-state index contributed by atoms with van der Waals surface area (Å²) < 4.78 is 0. The van der Waals surface area contributed by atoms with Crippen LogP contribution in [0.5, 0.6) is 0 Å². The van der Waals surface area contributed by atoms with Gasteiger partial charge in [0.1, 0.15) is 0 Å². The van der Waals surface area contributed by atoms with Crippen molar-refractivity contribution in [2.45, 2.75) is 264 Å². The number of nitrogens with one attached hydrogen (secondary N) is 1. The van der Waals surface area contributed by atoms with Crippen molar-refractivity contribution in [1.82, 2.24) is 5.32 Å². The van der Waals surface area contributed by atoms with Crippen molar-refractivity contribution in [3.8, 4) is 0 Å². The Morgan fingerprint density at radius 1 is 0.439 bits per heavy atom. The van der Waals surface area contributed by atoms with Gasteiger partial charge in [0.05, 0.1) is 18.8 Å². The molecule has 57 heavy (non-hydrogen) atoms. The second-order valence-corrected chi connectivity index (χ2v) is 16.9. The Hall–Kier alpha value is -1.91. The highest BCUT2D eigenvalue weighted by molar-refractivity contribution is 5.76. The summed E-state index contributed by atoms with van der Waals surface area (Å²) in [6.45, 7) is 4.24. The Labute approximate surface area is 356 Å². The molecule has 2 unspecified atom stereocenters. The molecule has 4 nitrogen and oxygen atoms in total. The van der Waals surface area contributed by atoms with Crippen LogP contribution in [0.2, 0.25) is 0 Å². The van der Waals surface area contributed by atoms with Gasteiger partial charge in [-0.25, -0.2) is 0 Å². The number of rotatable bonds is 45.